The quantitative estimate of drug-likeness (QED) is 0.845. The van der Waals surface area contributed by atoms with Crippen LogP contribution in [0.1, 0.15) is 31.4 Å². The van der Waals surface area contributed by atoms with E-state index < -0.39 is 6.10 Å². The highest BCUT2D eigenvalue weighted by molar-refractivity contribution is 5.56. The Kier molecular flexibility index (Phi) is 4.19. The van der Waals surface area contributed by atoms with Crippen LogP contribution in [0.15, 0.2) is 18.2 Å². The van der Waals surface area contributed by atoms with Gasteiger partial charge in [0.25, 0.3) is 0 Å². The van der Waals surface area contributed by atoms with Crippen LogP contribution in [0.25, 0.3) is 0 Å². The SMILES string of the molecule is COCCN(c1cccc(F)c1C(C)O)C1CC1. The monoisotopic (exact) mass is 253 g/mol. The summed E-state index contributed by atoms with van der Waals surface area (Å²) >= 11 is 0. The van der Waals surface area contributed by atoms with Crippen LogP contribution in [-0.4, -0.2) is 31.4 Å². The molecular weight excluding hydrogens is 233 g/mol. The smallest absolute Gasteiger partial charge is 0.131 e. The van der Waals surface area contributed by atoms with E-state index in [2.05, 4.69) is 4.90 Å². The first-order chi connectivity index (χ1) is 8.65. The first kappa shape index (κ1) is 13.3. The van der Waals surface area contributed by atoms with Gasteiger partial charge in [0.05, 0.1) is 12.7 Å². The molecule has 100 valence electrons. The molecule has 1 atom stereocenters. The molecule has 0 saturated heterocycles. The van der Waals surface area contributed by atoms with Crippen LogP contribution in [0.4, 0.5) is 10.1 Å². The molecule has 0 heterocycles. The van der Waals surface area contributed by atoms with Gasteiger partial charge in [-0.1, -0.05) is 6.07 Å². The van der Waals surface area contributed by atoms with E-state index in [-0.39, 0.29) is 5.82 Å². The summed E-state index contributed by atoms with van der Waals surface area (Å²) in [6.45, 7) is 2.93. The van der Waals surface area contributed by atoms with E-state index in [4.69, 9.17) is 4.74 Å². The number of ether oxygens (including phenoxy) is 1. The molecule has 0 bridgehead atoms. The van der Waals surface area contributed by atoms with Crippen molar-refractivity contribution in [3.05, 3.63) is 29.6 Å². The van der Waals surface area contributed by atoms with Gasteiger partial charge in [0.15, 0.2) is 0 Å². The average molecular weight is 253 g/mol. The van der Waals surface area contributed by atoms with E-state index in [1.807, 2.05) is 6.07 Å². The van der Waals surface area contributed by atoms with Crippen molar-refractivity contribution in [2.75, 3.05) is 25.2 Å². The normalized spacial score (nSPS) is 16.7. The molecule has 1 unspecified atom stereocenters. The van der Waals surface area contributed by atoms with Crippen LogP contribution in [-0.2, 0) is 4.74 Å². The lowest BCUT2D eigenvalue weighted by molar-refractivity contribution is 0.192. The first-order valence-corrected chi connectivity index (χ1v) is 6.37. The van der Waals surface area contributed by atoms with Gasteiger partial charge in [0.2, 0.25) is 0 Å². The molecule has 0 aromatic heterocycles. The lowest BCUT2D eigenvalue weighted by Gasteiger charge is -2.28. The summed E-state index contributed by atoms with van der Waals surface area (Å²) < 4.78 is 19.0. The van der Waals surface area contributed by atoms with Gasteiger partial charge >= 0.3 is 0 Å². The number of aliphatic hydroxyl groups excluding tert-OH is 1. The minimum absolute atomic E-state index is 0.342. The maximum atomic E-state index is 13.8. The van der Waals surface area contributed by atoms with Crippen LogP contribution >= 0.6 is 0 Å². The molecule has 1 aromatic carbocycles. The summed E-state index contributed by atoms with van der Waals surface area (Å²) in [5.74, 6) is -0.342. The van der Waals surface area contributed by atoms with Crippen LogP contribution in [0.3, 0.4) is 0 Å². The second-order valence-electron chi connectivity index (χ2n) is 4.77. The standard InChI is InChI=1S/C14H20FNO2/c1-10(17)14-12(15)4-3-5-13(14)16(8-9-18-2)11-6-7-11/h3-5,10-11,17H,6-9H2,1-2H3. The van der Waals surface area contributed by atoms with Crippen molar-refractivity contribution < 1.29 is 14.2 Å². The number of rotatable bonds is 6. The van der Waals surface area contributed by atoms with Crippen molar-refractivity contribution in [2.45, 2.75) is 31.9 Å². The summed E-state index contributed by atoms with van der Waals surface area (Å²) in [6, 6.07) is 5.42. The molecule has 0 spiro atoms. The fraction of sp³-hybridized carbons (Fsp3) is 0.571. The number of halogens is 1. The number of hydrogen-bond donors (Lipinski definition) is 1. The van der Waals surface area contributed by atoms with E-state index in [9.17, 15) is 9.50 Å². The van der Waals surface area contributed by atoms with Gasteiger partial charge in [-0.15, -0.1) is 0 Å². The second-order valence-corrected chi connectivity index (χ2v) is 4.77. The topological polar surface area (TPSA) is 32.7 Å². The lowest BCUT2D eigenvalue weighted by Crippen LogP contribution is -2.30. The number of benzene rings is 1. The Morgan fingerprint density at radius 1 is 1.50 bits per heavy atom. The van der Waals surface area contributed by atoms with Crippen LogP contribution in [0.2, 0.25) is 0 Å². The Bertz CT molecular complexity index is 405. The van der Waals surface area contributed by atoms with Gasteiger partial charge in [0, 0.05) is 30.9 Å². The van der Waals surface area contributed by atoms with Crippen LogP contribution < -0.4 is 4.90 Å². The predicted molar refractivity (Wildman–Crippen MR) is 69.3 cm³/mol. The minimum atomic E-state index is -0.801. The van der Waals surface area contributed by atoms with Crippen LogP contribution in [0, 0.1) is 5.82 Å². The molecule has 1 saturated carbocycles. The van der Waals surface area contributed by atoms with E-state index in [1.165, 1.54) is 6.07 Å². The summed E-state index contributed by atoms with van der Waals surface area (Å²) in [5, 5.41) is 9.76. The molecule has 3 nitrogen and oxygen atoms in total. The highest BCUT2D eigenvalue weighted by atomic mass is 19.1. The molecular formula is C14H20FNO2. The Morgan fingerprint density at radius 3 is 2.78 bits per heavy atom. The van der Waals surface area contributed by atoms with Gasteiger partial charge in [-0.2, -0.15) is 0 Å². The van der Waals surface area contributed by atoms with Crippen molar-refractivity contribution in [2.24, 2.45) is 0 Å². The summed E-state index contributed by atoms with van der Waals surface area (Å²) in [7, 11) is 1.66. The fourth-order valence-corrected chi connectivity index (χ4v) is 2.27. The van der Waals surface area contributed by atoms with E-state index in [1.54, 1.807) is 20.1 Å². The molecule has 1 aliphatic carbocycles. The maximum absolute atomic E-state index is 13.8. The van der Waals surface area contributed by atoms with Gasteiger partial charge in [-0.05, 0) is 31.9 Å². The van der Waals surface area contributed by atoms with Gasteiger partial charge in [0.1, 0.15) is 5.82 Å². The molecule has 0 amide bonds. The van der Waals surface area contributed by atoms with Gasteiger partial charge < -0.3 is 14.7 Å². The zero-order valence-electron chi connectivity index (χ0n) is 10.9. The third-order valence-corrected chi connectivity index (χ3v) is 3.28. The maximum Gasteiger partial charge on any atom is 0.131 e. The van der Waals surface area contributed by atoms with Crippen molar-refractivity contribution in [1.29, 1.82) is 0 Å². The zero-order chi connectivity index (χ0) is 13.1. The molecule has 1 N–H and O–H groups in total. The Labute approximate surface area is 107 Å². The molecule has 0 radical (unpaired) electrons. The summed E-state index contributed by atoms with van der Waals surface area (Å²) in [6.07, 6.45) is 1.45. The van der Waals surface area contributed by atoms with Crippen molar-refractivity contribution in [3.63, 3.8) is 0 Å². The van der Waals surface area contributed by atoms with E-state index in [0.29, 0.717) is 18.2 Å². The van der Waals surface area contributed by atoms with Crippen molar-refractivity contribution in [1.82, 2.24) is 0 Å². The average Bonchev–Trinajstić information content (AvgIpc) is 3.13. The fourth-order valence-electron chi connectivity index (χ4n) is 2.27. The third kappa shape index (κ3) is 2.82. The third-order valence-electron chi connectivity index (χ3n) is 3.28. The minimum Gasteiger partial charge on any atom is -0.389 e. The highest BCUT2D eigenvalue weighted by Gasteiger charge is 2.31. The molecule has 1 aromatic rings. The van der Waals surface area contributed by atoms with Gasteiger partial charge in [-0.3, -0.25) is 0 Å². The first-order valence-electron chi connectivity index (χ1n) is 6.37. The summed E-state index contributed by atoms with van der Waals surface area (Å²) in [4.78, 5) is 2.15. The number of aliphatic hydroxyl groups is 1. The zero-order valence-corrected chi connectivity index (χ0v) is 10.9. The van der Waals surface area contributed by atoms with Crippen LogP contribution in [0.5, 0.6) is 0 Å². The predicted octanol–water partition coefficient (Wildman–Crippen LogP) is 2.49. The van der Waals surface area contributed by atoms with E-state index in [0.717, 1.165) is 25.1 Å². The number of methoxy groups -OCH3 is 1. The molecule has 4 heteroatoms. The molecule has 0 aliphatic heterocycles. The second kappa shape index (κ2) is 5.67. The highest BCUT2D eigenvalue weighted by Crippen LogP contribution is 2.36. The number of hydrogen-bond acceptors (Lipinski definition) is 3. The summed E-state index contributed by atoms with van der Waals surface area (Å²) in [5.41, 5.74) is 1.19. The van der Waals surface area contributed by atoms with Crippen molar-refractivity contribution in [3.8, 4) is 0 Å². The molecule has 1 aliphatic rings. The number of nitrogens with zero attached hydrogens (tertiary/aromatic N) is 1. The Balaban J connectivity index is 2.31. The Morgan fingerprint density at radius 2 is 2.22 bits per heavy atom. The van der Waals surface area contributed by atoms with Gasteiger partial charge in [-0.25, -0.2) is 4.39 Å². The molecule has 18 heavy (non-hydrogen) atoms. The Hall–Kier alpha value is -1.13. The van der Waals surface area contributed by atoms with E-state index >= 15 is 0 Å². The lowest BCUT2D eigenvalue weighted by atomic mass is 10.1. The number of anilines is 1. The molecule has 2 rings (SSSR count). The van der Waals surface area contributed by atoms with Crippen molar-refractivity contribution >= 4 is 5.69 Å². The molecule has 1 fully saturated rings. The largest absolute Gasteiger partial charge is 0.389 e.